The second-order valence-electron chi connectivity index (χ2n) is 8.00. The van der Waals surface area contributed by atoms with Crippen LogP contribution >= 0.6 is 11.8 Å². The van der Waals surface area contributed by atoms with Gasteiger partial charge in [-0.1, -0.05) is 23.9 Å². The first-order valence-corrected chi connectivity index (χ1v) is 12.0. The van der Waals surface area contributed by atoms with Crippen molar-refractivity contribution in [2.24, 2.45) is 0 Å². The van der Waals surface area contributed by atoms with E-state index in [1.807, 2.05) is 19.2 Å². The highest BCUT2D eigenvalue weighted by Crippen LogP contribution is 2.14. The standard InChI is InChI=1S/C22H34N5O5S/c1-17(27(31)26-13-11-24(4)12-14-26)23-22(30)25(15-16-33-19(3)29)10-9-20-5-7-21(8-6-20)32-18(2)28/h5-8,17H,9-16H2,1-4H3,(H,23,30)/q-1/t17-/m1/s1. The number of hydrazine groups is 1. The van der Waals surface area contributed by atoms with E-state index in [0.29, 0.717) is 44.1 Å². The molecule has 0 bridgehead atoms. The molecule has 10 nitrogen and oxygen atoms in total. The van der Waals surface area contributed by atoms with Gasteiger partial charge in [-0.3, -0.25) is 14.8 Å². The summed E-state index contributed by atoms with van der Waals surface area (Å²) in [5.74, 6) is 0.556. The molecule has 0 aromatic heterocycles. The summed E-state index contributed by atoms with van der Waals surface area (Å²) in [5.41, 5.74) is 0.971. The highest BCUT2D eigenvalue weighted by Gasteiger charge is 2.21. The normalized spacial score (nSPS) is 15.8. The first-order chi connectivity index (χ1) is 15.7. The van der Waals surface area contributed by atoms with Crippen LogP contribution in [0, 0.1) is 5.21 Å². The van der Waals surface area contributed by atoms with Gasteiger partial charge in [0.2, 0.25) is 0 Å². The number of amides is 2. The number of carbonyl (C=O) groups excluding carboxylic acids is 3. The summed E-state index contributed by atoms with van der Waals surface area (Å²) in [6.45, 7) is 8.11. The maximum absolute atomic E-state index is 12.9. The fraction of sp³-hybridized carbons (Fsp3) is 0.591. The molecule has 1 N–H and O–H groups in total. The van der Waals surface area contributed by atoms with Gasteiger partial charge in [-0.25, -0.2) is 9.80 Å². The Morgan fingerprint density at radius 3 is 2.33 bits per heavy atom. The molecule has 0 spiro atoms. The van der Waals surface area contributed by atoms with Crippen molar-refractivity contribution in [1.29, 1.82) is 0 Å². The molecule has 1 heterocycles. The minimum atomic E-state index is -0.716. The topological polar surface area (TPSA) is 108 Å². The summed E-state index contributed by atoms with van der Waals surface area (Å²) < 4.78 is 5.04. The summed E-state index contributed by atoms with van der Waals surface area (Å²) >= 11 is 1.16. The molecule has 2 amide bonds. The van der Waals surface area contributed by atoms with Crippen LogP contribution in [0.1, 0.15) is 26.3 Å². The molecule has 0 aliphatic carbocycles. The highest BCUT2D eigenvalue weighted by molar-refractivity contribution is 8.13. The number of hydrogen-bond donors (Lipinski definition) is 1. The lowest BCUT2D eigenvalue weighted by Gasteiger charge is -2.47. The van der Waals surface area contributed by atoms with Crippen molar-refractivity contribution < 1.29 is 19.1 Å². The lowest BCUT2D eigenvalue weighted by molar-refractivity contribution is -0.131. The number of urea groups is 1. The summed E-state index contributed by atoms with van der Waals surface area (Å²) in [6, 6.07) is 6.75. The van der Waals surface area contributed by atoms with E-state index < -0.39 is 6.17 Å². The zero-order valence-electron chi connectivity index (χ0n) is 19.8. The first-order valence-electron chi connectivity index (χ1n) is 11.0. The van der Waals surface area contributed by atoms with Gasteiger partial charge in [0, 0.05) is 58.9 Å². The molecule has 184 valence electrons. The van der Waals surface area contributed by atoms with E-state index in [1.165, 1.54) is 13.8 Å². The summed E-state index contributed by atoms with van der Waals surface area (Å²) in [4.78, 5) is 39.1. The summed E-state index contributed by atoms with van der Waals surface area (Å²) in [5, 5.41) is 18.0. The van der Waals surface area contributed by atoms with Crippen molar-refractivity contribution in [2.45, 2.75) is 33.4 Å². The molecule has 0 radical (unpaired) electrons. The second-order valence-corrected chi connectivity index (χ2v) is 9.27. The predicted octanol–water partition coefficient (Wildman–Crippen LogP) is 1.75. The average molecular weight is 481 g/mol. The van der Waals surface area contributed by atoms with Crippen molar-refractivity contribution in [3.63, 3.8) is 0 Å². The number of ether oxygens (including phenoxy) is 1. The lowest BCUT2D eigenvalue weighted by atomic mass is 10.1. The number of esters is 1. The van der Waals surface area contributed by atoms with Gasteiger partial charge in [0.1, 0.15) is 5.75 Å². The van der Waals surface area contributed by atoms with Crippen LogP contribution in [0.25, 0.3) is 0 Å². The number of thioether (sulfide) groups is 1. The van der Waals surface area contributed by atoms with E-state index in [1.54, 1.807) is 29.0 Å². The molecule has 33 heavy (non-hydrogen) atoms. The molecule has 0 unspecified atom stereocenters. The smallest absolute Gasteiger partial charge is 0.318 e. The largest absolute Gasteiger partial charge is 0.770 e. The Morgan fingerprint density at radius 1 is 1.12 bits per heavy atom. The van der Waals surface area contributed by atoms with Gasteiger partial charge in [0.05, 0.1) is 6.17 Å². The molecule has 1 aromatic rings. The van der Waals surface area contributed by atoms with Crippen molar-refractivity contribution in [3.8, 4) is 5.75 Å². The number of hydrogen-bond acceptors (Lipinski definition) is 9. The monoisotopic (exact) mass is 480 g/mol. The van der Waals surface area contributed by atoms with Crippen LogP contribution < -0.4 is 10.1 Å². The van der Waals surface area contributed by atoms with Crippen LogP contribution in [0.2, 0.25) is 0 Å². The number of nitrogens with one attached hydrogen (secondary N) is 1. The van der Waals surface area contributed by atoms with Crippen LogP contribution in [0.5, 0.6) is 5.75 Å². The Kier molecular flexibility index (Phi) is 11.1. The minimum absolute atomic E-state index is 0.00872. The molecule has 1 saturated heterocycles. The van der Waals surface area contributed by atoms with E-state index in [0.717, 1.165) is 35.6 Å². The number of benzene rings is 1. The molecule has 11 heteroatoms. The molecule has 1 aliphatic rings. The van der Waals surface area contributed by atoms with Crippen LogP contribution in [0.3, 0.4) is 0 Å². The number of rotatable bonds is 10. The number of hydroxylamine groups is 1. The van der Waals surface area contributed by atoms with Crippen LogP contribution in [0.15, 0.2) is 24.3 Å². The molecule has 1 aliphatic heterocycles. The van der Waals surface area contributed by atoms with Crippen molar-refractivity contribution in [1.82, 2.24) is 25.3 Å². The van der Waals surface area contributed by atoms with Crippen LogP contribution in [0.4, 0.5) is 4.79 Å². The van der Waals surface area contributed by atoms with E-state index in [9.17, 15) is 19.6 Å². The number of likely N-dealkylation sites (N-methyl/N-ethyl adjacent to an activating group) is 1. The highest BCUT2D eigenvalue weighted by atomic mass is 32.2. The van der Waals surface area contributed by atoms with E-state index >= 15 is 0 Å². The van der Waals surface area contributed by atoms with Gasteiger partial charge < -0.3 is 25.1 Å². The zero-order chi connectivity index (χ0) is 24.4. The number of nitrogens with zero attached hydrogens (tertiary/aromatic N) is 4. The summed E-state index contributed by atoms with van der Waals surface area (Å²) in [6.07, 6.45) is -0.140. The van der Waals surface area contributed by atoms with Gasteiger partial charge in [-0.15, -0.1) is 0 Å². The van der Waals surface area contributed by atoms with Gasteiger partial charge >= 0.3 is 12.0 Å². The molecule has 2 rings (SSSR count). The Hall–Kier alpha value is -2.18. The first kappa shape index (κ1) is 27.1. The molecule has 1 fully saturated rings. The third-order valence-electron chi connectivity index (χ3n) is 5.23. The van der Waals surface area contributed by atoms with Gasteiger partial charge in [0.15, 0.2) is 5.12 Å². The Balaban J connectivity index is 1.94. The Morgan fingerprint density at radius 2 is 1.76 bits per heavy atom. The SMILES string of the molecule is CC(=O)Oc1ccc(CCN(CCSC(C)=O)C(=O)N[C@@H](C)N([O-])N2CCN(C)CC2)cc1. The van der Waals surface area contributed by atoms with E-state index in [2.05, 4.69) is 10.2 Å². The average Bonchev–Trinajstić information content (AvgIpc) is 2.76. The third-order valence-corrected chi connectivity index (χ3v) is 6.02. The maximum Gasteiger partial charge on any atom is 0.318 e. The lowest BCUT2D eigenvalue weighted by Crippen LogP contribution is -2.58. The van der Waals surface area contributed by atoms with Gasteiger partial charge in [-0.2, -0.15) is 0 Å². The van der Waals surface area contributed by atoms with Gasteiger partial charge in [0.25, 0.3) is 0 Å². The minimum Gasteiger partial charge on any atom is -0.770 e. The van der Waals surface area contributed by atoms with Crippen LogP contribution in [-0.4, -0.2) is 95.3 Å². The van der Waals surface area contributed by atoms with E-state index in [-0.39, 0.29) is 17.1 Å². The van der Waals surface area contributed by atoms with Gasteiger partial charge in [-0.05, 0) is 38.1 Å². The fourth-order valence-electron chi connectivity index (χ4n) is 3.33. The molecular formula is C22H34N5O5S-. The number of carbonyl (C=O) groups is 3. The van der Waals surface area contributed by atoms with Crippen molar-refractivity contribution in [2.75, 3.05) is 52.1 Å². The third kappa shape index (κ3) is 9.68. The zero-order valence-corrected chi connectivity index (χ0v) is 20.6. The maximum atomic E-state index is 12.9. The quantitative estimate of drug-likeness (QED) is 0.232. The predicted molar refractivity (Wildman–Crippen MR) is 128 cm³/mol. The summed E-state index contributed by atoms with van der Waals surface area (Å²) in [7, 11) is 2.01. The molecule has 1 aromatic carbocycles. The second kappa shape index (κ2) is 13.5. The van der Waals surface area contributed by atoms with Crippen molar-refractivity contribution >= 4 is 28.9 Å². The van der Waals surface area contributed by atoms with E-state index in [4.69, 9.17) is 4.74 Å². The molecule has 1 atom stereocenters. The van der Waals surface area contributed by atoms with Crippen LogP contribution in [-0.2, 0) is 16.0 Å². The number of piperazine rings is 1. The fourth-order valence-corrected chi connectivity index (χ4v) is 3.93. The Bertz CT molecular complexity index is 786. The van der Waals surface area contributed by atoms with Crippen molar-refractivity contribution in [3.05, 3.63) is 35.0 Å². The molecule has 0 saturated carbocycles. The Labute approximate surface area is 199 Å². The molecular weight excluding hydrogens is 446 g/mol.